The maximum Gasteiger partial charge on any atom is 0.278 e. The number of hydrogen-bond acceptors (Lipinski definition) is 6. The molecule has 0 saturated carbocycles. The quantitative estimate of drug-likeness (QED) is 0.572. The fraction of sp³-hybridized carbons (Fsp3) is 0.0556. The van der Waals surface area contributed by atoms with Crippen molar-refractivity contribution in [1.82, 2.24) is 19.7 Å². The maximum atomic E-state index is 12.2. The van der Waals surface area contributed by atoms with Crippen molar-refractivity contribution in [2.75, 3.05) is 16.4 Å². The van der Waals surface area contributed by atoms with Gasteiger partial charge in [-0.2, -0.15) is 5.10 Å². The zero-order chi connectivity index (χ0) is 19.2. The molecule has 2 amide bonds. The number of benzene rings is 1. The number of carbonyl (C=O) groups excluding carboxylic acids is 2. The summed E-state index contributed by atoms with van der Waals surface area (Å²) in [6, 6.07) is 7.35. The third-order valence-electron chi connectivity index (χ3n) is 3.56. The van der Waals surface area contributed by atoms with E-state index in [4.69, 9.17) is 5.73 Å². The molecule has 0 aliphatic rings. The van der Waals surface area contributed by atoms with Crippen LogP contribution in [-0.4, -0.2) is 31.6 Å². The van der Waals surface area contributed by atoms with Crippen LogP contribution in [0.3, 0.4) is 0 Å². The van der Waals surface area contributed by atoms with E-state index >= 15 is 0 Å². The van der Waals surface area contributed by atoms with Gasteiger partial charge in [0.15, 0.2) is 11.5 Å². The second-order valence-electron chi connectivity index (χ2n) is 5.56. The van der Waals surface area contributed by atoms with Crippen molar-refractivity contribution in [1.29, 1.82) is 0 Å². The first kappa shape index (κ1) is 17.8. The highest BCUT2D eigenvalue weighted by molar-refractivity contribution is 6.05. The number of amides is 2. The van der Waals surface area contributed by atoms with Gasteiger partial charge in [-0.25, -0.2) is 9.97 Å². The number of carbonyl (C=O) groups is 2. The van der Waals surface area contributed by atoms with Crippen molar-refractivity contribution >= 4 is 29.0 Å². The topological polar surface area (TPSA) is 128 Å². The summed E-state index contributed by atoms with van der Waals surface area (Å²) in [4.78, 5) is 31.3. The van der Waals surface area contributed by atoms with Gasteiger partial charge >= 0.3 is 0 Å². The van der Waals surface area contributed by atoms with E-state index in [-0.39, 0.29) is 17.4 Å². The van der Waals surface area contributed by atoms with Crippen LogP contribution in [0.4, 0.5) is 17.2 Å². The zero-order valence-corrected chi connectivity index (χ0v) is 14.3. The van der Waals surface area contributed by atoms with Crippen molar-refractivity contribution in [3.05, 3.63) is 73.0 Å². The summed E-state index contributed by atoms with van der Waals surface area (Å²) in [6.45, 7) is 3.88. The van der Waals surface area contributed by atoms with Crippen molar-refractivity contribution < 1.29 is 9.59 Å². The molecule has 9 nitrogen and oxygen atoms in total. The van der Waals surface area contributed by atoms with Crippen LogP contribution in [0.2, 0.25) is 0 Å². The first-order valence-corrected chi connectivity index (χ1v) is 7.98. The molecule has 27 heavy (non-hydrogen) atoms. The van der Waals surface area contributed by atoms with Crippen molar-refractivity contribution in [3.63, 3.8) is 0 Å². The van der Waals surface area contributed by atoms with Gasteiger partial charge in [-0.05, 0) is 23.8 Å². The lowest BCUT2D eigenvalue weighted by atomic mass is 10.2. The third kappa shape index (κ3) is 4.54. The number of nitrogens with zero attached hydrogens (tertiary/aromatic N) is 4. The summed E-state index contributed by atoms with van der Waals surface area (Å²) in [6.07, 6.45) is 7.22. The lowest BCUT2D eigenvalue weighted by molar-refractivity contribution is -0.111. The molecule has 9 heteroatoms. The highest BCUT2D eigenvalue weighted by Crippen LogP contribution is 2.14. The summed E-state index contributed by atoms with van der Waals surface area (Å²) >= 11 is 0. The van der Waals surface area contributed by atoms with Gasteiger partial charge < -0.3 is 16.4 Å². The Hall–Kier alpha value is -4.01. The monoisotopic (exact) mass is 363 g/mol. The predicted octanol–water partition coefficient (Wildman–Crippen LogP) is 1.68. The van der Waals surface area contributed by atoms with Gasteiger partial charge in [-0.3, -0.25) is 14.3 Å². The first-order valence-electron chi connectivity index (χ1n) is 7.98. The molecule has 0 unspecified atom stereocenters. The average Bonchev–Trinajstić information content (AvgIpc) is 3.09. The minimum atomic E-state index is -0.464. The predicted molar refractivity (Wildman–Crippen MR) is 101 cm³/mol. The Balaban J connectivity index is 1.67. The Morgan fingerprint density at radius 1 is 1.19 bits per heavy atom. The van der Waals surface area contributed by atoms with Crippen LogP contribution in [0.5, 0.6) is 0 Å². The molecule has 0 bridgehead atoms. The van der Waals surface area contributed by atoms with Crippen LogP contribution in [-0.2, 0) is 11.3 Å². The van der Waals surface area contributed by atoms with Crippen LogP contribution in [0, 0.1) is 0 Å². The van der Waals surface area contributed by atoms with Crippen LogP contribution in [0.1, 0.15) is 16.1 Å². The minimum absolute atomic E-state index is 0.0518. The summed E-state index contributed by atoms with van der Waals surface area (Å²) in [5.74, 6) is -0.686. The molecule has 2 aromatic heterocycles. The fourth-order valence-corrected chi connectivity index (χ4v) is 2.36. The second-order valence-corrected chi connectivity index (χ2v) is 5.56. The van der Waals surface area contributed by atoms with Gasteiger partial charge in [0.1, 0.15) is 0 Å². The summed E-state index contributed by atoms with van der Waals surface area (Å²) in [5.41, 5.74) is 7.79. The molecule has 4 N–H and O–H groups in total. The molecule has 0 atom stereocenters. The molecule has 3 aromatic rings. The zero-order valence-electron chi connectivity index (χ0n) is 14.3. The number of rotatable bonds is 6. The molecule has 0 saturated heterocycles. The number of nitrogens with two attached hydrogens (primary N) is 1. The van der Waals surface area contributed by atoms with Crippen molar-refractivity contribution in [2.24, 2.45) is 0 Å². The highest BCUT2D eigenvalue weighted by Gasteiger charge is 2.13. The third-order valence-corrected chi connectivity index (χ3v) is 3.56. The molecule has 0 aliphatic carbocycles. The number of nitrogens with one attached hydrogen (secondary N) is 2. The Bertz CT molecular complexity index is 997. The lowest BCUT2D eigenvalue weighted by Gasteiger charge is -2.06. The van der Waals surface area contributed by atoms with Crippen LogP contribution in [0.25, 0.3) is 0 Å². The number of aromatic nitrogens is 4. The summed E-state index contributed by atoms with van der Waals surface area (Å²) in [7, 11) is 0. The lowest BCUT2D eigenvalue weighted by Crippen LogP contribution is -2.16. The Morgan fingerprint density at radius 3 is 2.78 bits per heavy atom. The van der Waals surface area contributed by atoms with Crippen LogP contribution >= 0.6 is 0 Å². The SMILES string of the molecule is C=CC(=O)Nc1cccc(Cn2cc(NC(=O)c3nccnc3N)cn2)c1. The largest absolute Gasteiger partial charge is 0.382 e. The van der Waals surface area contributed by atoms with E-state index in [1.165, 1.54) is 24.7 Å². The normalized spacial score (nSPS) is 10.2. The van der Waals surface area contributed by atoms with E-state index in [0.717, 1.165) is 5.56 Å². The van der Waals surface area contributed by atoms with E-state index < -0.39 is 5.91 Å². The highest BCUT2D eigenvalue weighted by atomic mass is 16.2. The van der Waals surface area contributed by atoms with Gasteiger partial charge in [0.05, 0.1) is 18.4 Å². The van der Waals surface area contributed by atoms with E-state index in [0.29, 0.717) is 17.9 Å². The standard InChI is InChI=1S/C18H17N7O2/c1-2-15(26)23-13-5-3-4-12(8-13)10-25-11-14(9-22-25)24-18(27)16-17(19)21-7-6-20-16/h2-9,11H,1,10H2,(H2,19,21)(H,23,26)(H,24,27). The molecule has 0 radical (unpaired) electrons. The molecule has 0 aliphatic heterocycles. The maximum absolute atomic E-state index is 12.2. The van der Waals surface area contributed by atoms with E-state index in [2.05, 4.69) is 32.3 Å². The minimum Gasteiger partial charge on any atom is -0.382 e. The number of hydrogen-bond donors (Lipinski definition) is 3. The van der Waals surface area contributed by atoms with Gasteiger partial charge in [-0.15, -0.1) is 0 Å². The summed E-state index contributed by atoms with van der Waals surface area (Å²) < 4.78 is 1.66. The van der Waals surface area contributed by atoms with Gasteiger partial charge in [0, 0.05) is 24.3 Å². The average molecular weight is 363 g/mol. The molecule has 2 heterocycles. The van der Waals surface area contributed by atoms with E-state index in [1.807, 2.05) is 18.2 Å². The second kappa shape index (κ2) is 7.91. The Kier molecular flexibility index (Phi) is 5.22. The summed E-state index contributed by atoms with van der Waals surface area (Å²) in [5, 5.41) is 9.60. The Morgan fingerprint density at radius 2 is 2.00 bits per heavy atom. The van der Waals surface area contributed by atoms with Crippen LogP contribution in [0.15, 0.2) is 61.7 Å². The smallest absolute Gasteiger partial charge is 0.278 e. The Labute approximate surface area is 154 Å². The molecule has 136 valence electrons. The van der Waals surface area contributed by atoms with Gasteiger partial charge in [-0.1, -0.05) is 18.7 Å². The molecule has 0 spiro atoms. The molecule has 1 aromatic carbocycles. The fourth-order valence-electron chi connectivity index (χ4n) is 2.36. The van der Waals surface area contributed by atoms with Gasteiger partial charge in [0.25, 0.3) is 5.91 Å². The molecular formula is C18H17N7O2. The number of nitrogen functional groups attached to an aromatic ring is 1. The van der Waals surface area contributed by atoms with E-state index in [1.54, 1.807) is 16.9 Å². The molecule has 0 fully saturated rings. The van der Waals surface area contributed by atoms with Gasteiger partial charge in [0.2, 0.25) is 5.91 Å². The number of anilines is 3. The van der Waals surface area contributed by atoms with E-state index in [9.17, 15) is 9.59 Å². The molecular weight excluding hydrogens is 346 g/mol. The molecule has 3 rings (SSSR count). The van der Waals surface area contributed by atoms with Crippen LogP contribution < -0.4 is 16.4 Å². The van der Waals surface area contributed by atoms with Crippen molar-refractivity contribution in [2.45, 2.75) is 6.54 Å². The first-order chi connectivity index (χ1) is 13.0. The van der Waals surface area contributed by atoms with Crippen molar-refractivity contribution in [3.8, 4) is 0 Å².